The molecule has 2 aromatic rings. The molecule has 0 aliphatic carbocycles. The van der Waals surface area contributed by atoms with Crippen LogP contribution in [0.25, 0.3) is 0 Å². The Hall–Kier alpha value is -7.21. The van der Waals surface area contributed by atoms with E-state index in [1.54, 1.807) is 44.2 Å². The molecule has 0 aromatic heterocycles. The Morgan fingerprint density at radius 3 is 1.74 bits per heavy atom. The van der Waals surface area contributed by atoms with Gasteiger partial charge in [0.1, 0.15) is 36.3 Å². The molecule has 1 aliphatic heterocycles. The molecule has 14 N–H and O–H groups in total. The van der Waals surface area contributed by atoms with Gasteiger partial charge in [0, 0.05) is 37.9 Å². The number of nitrogens with one attached hydrogen (secondary N) is 7. The van der Waals surface area contributed by atoms with E-state index in [4.69, 9.17) is 11.5 Å². The first-order valence-corrected chi connectivity index (χ1v) is 22.2. The van der Waals surface area contributed by atoms with Crippen LogP contribution < -0.4 is 48.7 Å². The molecule has 1 saturated heterocycles. The lowest BCUT2D eigenvalue weighted by Gasteiger charge is -2.28. The number of rotatable bonds is 28. The Balaban J connectivity index is 2.01. The number of aliphatic hydroxyl groups is 1. The van der Waals surface area contributed by atoms with Gasteiger partial charge >= 0.3 is 11.9 Å². The van der Waals surface area contributed by atoms with Crippen LogP contribution in [0.5, 0.6) is 0 Å². The third-order valence-electron chi connectivity index (χ3n) is 10.8. The minimum absolute atomic E-state index is 0.0281. The van der Waals surface area contributed by atoms with Crippen LogP contribution in [0.1, 0.15) is 76.8 Å². The normalized spacial score (nSPS) is 16.3. The Labute approximate surface area is 392 Å². The van der Waals surface area contributed by atoms with Crippen LogP contribution in [-0.2, 0) is 51.2 Å². The number of guanidine groups is 1. The summed E-state index contributed by atoms with van der Waals surface area (Å²) in [5.41, 5.74) is 11.5. The quantitative estimate of drug-likeness (QED) is 0.0151. The maximum Gasteiger partial charge on any atom is 0.326 e. The first kappa shape index (κ1) is 55.1. The van der Waals surface area contributed by atoms with E-state index >= 15 is 0 Å². The van der Waals surface area contributed by atoms with Gasteiger partial charge in [0.2, 0.25) is 35.4 Å². The lowest BCUT2D eigenvalue weighted by Crippen LogP contribution is -2.61. The molecular formula is C44H63N11O13. The minimum atomic E-state index is -1.63. The highest BCUT2D eigenvalue weighted by Gasteiger charge is 2.36. The molecule has 6 amide bonds. The van der Waals surface area contributed by atoms with Crippen molar-refractivity contribution in [3.63, 3.8) is 0 Å². The van der Waals surface area contributed by atoms with Crippen molar-refractivity contribution in [3.05, 3.63) is 75.8 Å². The maximum absolute atomic E-state index is 14.5. The summed E-state index contributed by atoms with van der Waals surface area (Å²) < 4.78 is 0. The van der Waals surface area contributed by atoms with Crippen molar-refractivity contribution in [2.45, 2.75) is 127 Å². The molecule has 1 heterocycles. The number of carboxylic acids is 2. The number of nitro benzene ring substituents is 1. The maximum atomic E-state index is 14.5. The number of carbonyl (C=O) groups excluding carboxylic acids is 6. The largest absolute Gasteiger partial charge is 0.481 e. The van der Waals surface area contributed by atoms with Crippen LogP contribution in [0.15, 0.2) is 59.6 Å². The number of hydrogen-bond acceptors (Lipinski definition) is 13. The van der Waals surface area contributed by atoms with Crippen LogP contribution in [0.2, 0.25) is 0 Å². The number of nitro groups is 1. The molecule has 0 radical (unpaired) electrons. The highest BCUT2D eigenvalue weighted by Crippen LogP contribution is 2.15. The van der Waals surface area contributed by atoms with Crippen molar-refractivity contribution in [2.24, 2.45) is 22.4 Å². The Bertz CT molecular complexity index is 2090. The van der Waals surface area contributed by atoms with Crippen LogP contribution in [0, 0.1) is 16.0 Å². The van der Waals surface area contributed by atoms with Gasteiger partial charge in [-0.1, -0.05) is 56.3 Å². The summed E-state index contributed by atoms with van der Waals surface area (Å²) in [7, 11) is 0. The molecule has 1 fully saturated rings. The number of carbonyl (C=O) groups is 8. The molecule has 0 saturated carbocycles. The van der Waals surface area contributed by atoms with Gasteiger partial charge in [-0.25, -0.2) is 4.79 Å². The highest BCUT2D eigenvalue weighted by atomic mass is 16.6. The zero-order valence-corrected chi connectivity index (χ0v) is 38.1. The summed E-state index contributed by atoms with van der Waals surface area (Å²) >= 11 is 0. The molecule has 68 heavy (non-hydrogen) atoms. The van der Waals surface area contributed by atoms with Gasteiger partial charge in [0.15, 0.2) is 5.96 Å². The fourth-order valence-electron chi connectivity index (χ4n) is 7.18. The highest BCUT2D eigenvalue weighted by molar-refractivity contribution is 5.97. The molecule has 24 heteroatoms. The molecule has 0 bridgehead atoms. The summed E-state index contributed by atoms with van der Waals surface area (Å²) in [4.78, 5) is 121. The van der Waals surface area contributed by atoms with E-state index in [2.05, 4.69) is 42.2 Å². The fourth-order valence-corrected chi connectivity index (χ4v) is 7.18. The number of nitrogens with two attached hydrogens (primary N) is 2. The Morgan fingerprint density at radius 2 is 1.25 bits per heavy atom. The summed E-state index contributed by atoms with van der Waals surface area (Å²) in [6.07, 6.45) is -1.85. The topological polar surface area (TPSA) is 389 Å². The first-order chi connectivity index (χ1) is 32.1. The number of aliphatic hydroxyl groups excluding tert-OH is 1. The van der Waals surface area contributed by atoms with Gasteiger partial charge in [0.05, 0.1) is 17.1 Å². The Morgan fingerprint density at radius 1 is 0.735 bits per heavy atom. The molecule has 8 atom stereocenters. The van der Waals surface area contributed by atoms with Crippen molar-refractivity contribution in [1.82, 2.24) is 37.2 Å². The van der Waals surface area contributed by atoms with E-state index in [-0.39, 0.29) is 56.2 Å². The predicted molar refractivity (Wildman–Crippen MR) is 245 cm³/mol. The summed E-state index contributed by atoms with van der Waals surface area (Å²) in [6.45, 7) is 5.34. The van der Waals surface area contributed by atoms with Crippen molar-refractivity contribution < 1.29 is 58.6 Å². The zero-order valence-electron chi connectivity index (χ0n) is 38.1. The van der Waals surface area contributed by atoms with Crippen molar-refractivity contribution in [2.75, 3.05) is 13.1 Å². The number of aliphatic carboxylic acids is 2. The van der Waals surface area contributed by atoms with Crippen molar-refractivity contribution in [3.8, 4) is 0 Å². The van der Waals surface area contributed by atoms with Crippen LogP contribution in [0.4, 0.5) is 5.69 Å². The van der Waals surface area contributed by atoms with Gasteiger partial charge in [-0.15, -0.1) is 0 Å². The third-order valence-corrected chi connectivity index (χ3v) is 10.8. The fraction of sp³-hybridized carbons (Fsp3) is 0.523. The molecule has 3 rings (SSSR count). The van der Waals surface area contributed by atoms with Gasteiger partial charge in [-0.2, -0.15) is 0 Å². The van der Waals surface area contributed by atoms with Gasteiger partial charge in [0.25, 0.3) is 5.69 Å². The monoisotopic (exact) mass is 953 g/mol. The summed E-state index contributed by atoms with van der Waals surface area (Å²) in [5, 5.41) is 59.3. The summed E-state index contributed by atoms with van der Waals surface area (Å²) in [6, 6.07) is 3.70. The zero-order chi connectivity index (χ0) is 50.5. The van der Waals surface area contributed by atoms with E-state index in [0.29, 0.717) is 30.5 Å². The van der Waals surface area contributed by atoms with Crippen LogP contribution >= 0.6 is 0 Å². The number of nitrogens with zero attached hydrogens (tertiary/aromatic N) is 2. The number of non-ortho nitro benzene ring substituents is 1. The smallest absolute Gasteiger partial charge is 0.326 e. The lowest BCUT2D eigenvalue weighted by molar-refractivity contribution is -0.384. The molecule has 24 nitrogen and oxygen atoms in total. The van der Waals surface area contributed by atoms with E-state index < -0.39 is 114 Å². The number of hydrogen-bond donors (Lipinski definition) is 12. The van der Waals surface area contributed by atoms with Gasteiger partial charge in [-0.05, 0) is 69.0 Å². The van der Waals surface area contributed by atoms with E-state index in [1.165, 1.54) is 31.2 Å². The predicted octanol–water partition coefficient (Wildman–Crippen LogP) is -1.53. The second kappa shape index (κ2) is 27.4. The average molecular weight is 954 g/mol. The molecule has 1 aliphatic rings. The molecule has 1 unspecified atom stereocenters. The van der Waals surface area contributed by atoms with Crippen molar-refractivity contribution >= 4 is 59.0 Å². The van der Waals surface area contributed by atoms with E-state index in [1.807, 2.05) is 0 Å². The van der Waals surface area contributed by atoms with E-state index in [0.717, 1.165) is 0 Å². The van der Waals surface area contributed by atoms with Gasteiger partial charge in [-0.3, -0.25) is 48.7 Å². The number of benzene rings is 2. The van der Waals surface area contributed by atoms with E-state index in [9.17, 15) is 63.8 Å². The summed E-state index contributed by atoms with van der Waals surface area (Å²) in [5.74, 6) is -8.44. The standard InChI is InChI=1S/C44H63N11O13/c1-24(2)21-34(43(65)66)53-38(60)30(12-8-20-48-44(45)46)49-40(62)33(23-27-13-15-28(16-14-27)55(67)68)52-41(63)32(22-26-9-5-4-6-10-26)51-39(61)31(17-18-35(57)58)50-42(64)36(25(3)56)54-37(59)29-11-7-19-47-29/h4-6,9-10,13-16,24-25,29-34,36,47,56H,7-8,11-12,17-23H2,1-3H3,(H,49,62)(H,50,64)(H,51,61)(H,52,63)(H,53,60)(H,54,59)(H,57,58)(H,65,66)(H4,45,46,48)/t25?,29-,30-,31-,32-,33-,34-,36-/m0/s1. The lowest BCUT2D eigenvalue weighted by atomic mass is 10.0. The number of carboxylic acid groups (broad SMARTS) is 2. The van der Waals surface area contributed by atoms with Crippen molar-refractivity contribution in [1.29, 1.82) is 0 Å². The average Bonchev–Trinajstić information content (AvgIpc) is 3.83. The second-order valence-corrected chi connectivity index (χ2v) is 16.8. The molecule has 2 aromatic carbocycles. The second-order valence-electron chi connectivity index (χ2n) is 16.8. The van der Waals surface area contributed by atoms with Gasteiger partial charge < -0.3 is 64.0 Å². The molecule has 372 valence electrons. The minimum Gasteiger partial charge on any atom is -0.481 e. The first-order valence-electron chi connectivity index (χ1n) is 22.2. The van der Waals surface area contributed by atoms with Crippen LogP contribution in [0.3, 0.4) is 0 Å². The van der Waals surface area contributed by atoms with Crippen LogP contribution in [-0.4, -0.2) is 135 Å². The number of amides is 6. The molecular weight excluding hydrogens is 891 g/mol. The SMILES string of the molecule is CC(C)C[C@H](NC(=O)[C@H](CCCN=C(N)N)NC(=O)[C@H](Cc1ccc([N+](=O)[O-])cc1)NC(=O)[C@H](Cc1ccccc1)NC(=O)[C@H](CCC(=O)O)NC(=O)[C@@H](NC(=O)[C@@H]1CCCN1)C(C)O)C(=O)O. The number of aliphatic imine (C=N–C) groups is 1. The third kappa shape index (κ3) is 18.9. The Kier molecular flexibility index (Phi) is 22.2. The molecule has 0 spiro atoms.